The number of nitrogens with one attached hydrogen (secondary N) is 1. The summed E-state index contributed by atoms with van der Waals surface area (Å²) in [6, 6.07) is 18.2. The second-order valence-electron chi connectivity index (χ2n) is 5.46. The Kier molecular flexibility index (Phi) is 3.39. The van der Waals surface area contributed by atoms with Crippen molar-refractivity contribution < 1.29 is 4.79 Å². The third kappa shape index (κ3) is 2.41. The number of aryl methyl sites for hydroxylation is 1. The summed E-state index contributed by atoms with van der Waals surface area (Å²) in [5.74, 6) is -0.0643. The van der Waals surface area contributed by atoms with Gasteiger partial charge in [-0.3, -0.25) is 4.79 Å². The number of amides is 1. The average molecular weight is 320 g/mol. The zero-order chi connectivity index (χ0) is 15.8. The van der Waals surface area contributed by atoms with E-state index < -0.39 is 0 Å². The normalized spacial score (nSPS) is 11.2. The van der Waals surface area contributed by atoms with Crippen LogP contribution in [0.4, 0.5) is 5.69 Å². The minimum Gasteiger partial charge on any atom is -0.336 e. The summed E-state index contributed by atoms with van der Waals surface area (Å²) in [7, 11) is 0. The summed E-state index contributed by atoms with van der Waals surface area (Å²) < 4.78 is 3.21. The first-order valence-electron chi connectivity index (χ1n) is 7.63. The van der Waals surface area contributed by atoms with Crippen molar-refractivity contribution >= 4 is 43.9 Å². The fourth-order valence-electron chi connectivity index (χ4n) is 2.97. The van der Waals surface area contributed by atoms with E-state index in [-0.39, 0.29) is 5.91 Å². The Morgan fingerprint density at radius 3 is 2.74 bits per heavy atom. The van der Waals surface area contributed by atoms with Gasteiger partial charge in [0.15, 0.2) is 0 Å². The largest absolute Gasteiger partial charge is 0.336 e. The van der Waals surface area contributed by atoms with E-state index in [0.717, 1.165) is 27.8 Å². The van der Waals surface area contributed by atoms with Crippen molar-refractivity contribution in [2.45, 2.75) is 13.5 Å². The van der Waals surface area contributed by atoms with Gasteiger partial charge in [-0.15, -0.1) is 11.3 Å². The van der Waals surface area contributed by atoms with Crippen molar-refractivity contribution in [2.24, 2.45) is 0 Å². The maximum Gasteiger partial charge on any atom is 0.272 e. The highest BCUT2D eigenvalue weighted by Crippen LogP contribution is 2.26. The number of fused-ring (bicyclic) bond motifs is 2. The van der Waals surface area contributed by atoms with Crippen molar-refractivity contribution in [3.05, 3.63) is 65.7 Å². The minimum atomic E-state index is -0.0643. The molecular weight excluding hydrogens is 304 g/mol. The number of carbonyl (C=O) groups is 1. The van der Waals surface area contributed by atoms with Crippen molar-refractivity contribution in [1.29, 1.82) is 0 Å². The molecule has 0 atom stereocenters. The van der Waals surface area contributed by atoms with Crippen LogP contribution in [0.1, 0.15) is 17.4 Å². The van der Waals surface area contributed by atoms with E-state index in [4.69, 9.17) is 0 Å². The predicted molar refractivity (Wildman–Crippen MR) is 97.4 cm³/mol. The van der Waals surface area contributed by atoms with Crippen molar-refractivity contribution in [3.8, 4) is 0 Å². The molecule has 2 aromatic carbocycles. The molecule has 3 nitrogen and oxygen atoms in total. The molecule has 0 radical (unpaired) electrons. The molecule has 2 aromatic heterocycles. The van der Waals surface area contributed by atoms with Gasteiger partial charge in [-0.25, -0.2) is 0 Å². The van der Waals surface area contributed by atoms with Crippen LogP contribution in [0.5, 0.6) is 0 Å². The first-order chi connectivity index (χ1) is 11.3. The fourth-order valence-corrected chi connectivity index (χ4v) is 3.79. The zero-order valence-electron chi connectivity index (χ0n) is 12.7. The summed E-state index contributed by atoms with van der Waals surface area (Å²) in [4.78, 5) is 12.7. The number of rotatable bonds is 3. The van der Waals surface area contributed by atoms with E-state index in [1.165, 1.54) is 5.39 Å². The monoisotopic (exact) mass is 320 g/mol. The van der Waals surface area contributed by atoms with Gasteiger partial charge in [-0.2, -0.15) is 0 Å². The molecule has 0 aliphatic carbocycles. The molecule has 1 amide bonds. The molecule has 4 rings (SSSR count). The van der Waals surface area contributed by atoms with Crippen LogP contribution in [-0.2, 0) is 6.54 Å². The SMILES string of the molecule is CCn1c(C(=O)Nc2ccc3ccccc3c2)cc2sccc21. The number of benzene rings is 2. The molecular formula is C19H16N2OS. The maximum absolute atomic E-state index is 12.7. The lowest BCUT2D eigenvalue weighted by Gasteiger charge is -2.09. The highest BCUT2D eigenvalue weighted by atomic mass is 32.1. The van der Waals surface area contributed by atoms with Crippen LogP contribution < -0.4 is 5.32 Å². The number of carbonyl (C=O) groups excluding carboxylic acids is 1. The van der Waals surface area contributed by atoms with Gasteiger partial charge in [0.05, 0.1) is 10.2 Å². The maximum atomic E-state index is 12.7. The Balaban J connectivity index is 1.68. The second-order valence-corrected chi connectivity index (χ2v) is 6.41. The molecule has 1 N–H and O–H groups in total. The standard InChI is InChI=1S/C19H16N2OS/c1-2-21-16-9-10-23-18(16)12-17(21)19(22)20-15-8-7-13-5-3-4-6-14(13)11-15/h3-12H,2H2,1H3,(H,20,22). The molecule has 0 unspecified atom stereocenters. The van der Waals surface area contributed by atoms with Gasteiger partial charge < -0.3 is 9.88 Å². The third-order valence-corrected chi connectivity index (χ3v) is 4.93. The lowest BCUT2D eigenvalue weighted by Crippen LogP contribution is -2.16. The molecule has 23 heavy (non-hydrogen) atoms. The third-order valence-electron chi connectivity index (χ3n) is 4.08. The van der Waals surface area contributed by atoms with Crippen molar-refractivity contribution in [2.75, 3.05) is 5.32 Å². The Bertz CT molecular complexity index is 1010. The highest BCUT2D eigenvalue weighted by molar-refractivity contribution is 7.17. The van der Waals surface area contributed by atoms with Gasteiger partial charge in [0.1, 0.15) is 5.69 Å². The van der Waals surface area contributed by atoms with Gasteiger partial charge in [0.25, 0.3) is 5.91 Å². The molecule has 2 heterocycles. The summed E-state index contributed by atoms with van der Waals surface area (Å²) in [6.45, 7) is 2.84. The number of anilines is 1. The van der Waals surface area contributed by atoms with Crippen molar-refractivity contribution in [1.82, 2.24) is 4.57 Å². The molecule has 0 bridgehead atoms. The molecule has 0 spiro atoms. The Labute approximate surface area is 138 Å². The Morgan fingerprint density at radius 2 is 1.91 bits per heavy atom. The van der Waals surface area contributed by atoms with Crippen LogP contribution in [0.3, 0.4) is 0 Å². The Hall–Kier alpha value is -2.59. The first kappa shape index (κ1) is 14.0. The number of hydrogen-bond acceptors (Lipinski definition) is 2. The molecule has 4 heteroatoms. The number of hydrogen-bond donors (Lipinski definition) is 1. The second kappa shape index (κ2) is 5.56. The van der Waals surface area contributed by atoms with Gasteiger partial charge in [-0.05, 0) is 47.3 Å². The number of aromatic nitrogens is 1. The number of nitrogens with zero attached hydrogens (tertiary/aromatic N) is 1. The van der Waals surface area contributed by atoms with Gasteiger partial charge >= 0.3 is 0 Å². The average Bonchev–Trinajstić information content (AvgIpc) is 3.15. The van der Waals surface area contributed by atoms with Crippen LogP contribution >= 0.6 is 11.3 Å². The van der Waals surface area contributed by atoms with Gasteiger partial charge in [0.2, 0.25) is 0 Å². The van der Waals surface area contributed by atoms with Crippen LogP contribution in [-0.4, -0.2) is 10.5 Å². The first-order valence-corrected chi connectivity index (χ1v) is 8.51. The summed E-state index contributed by atoms with van der Waals surface area (Å²) >= 11 is 1.66. The highest BCUT2D eigenvalue weighted by Gasteiger charge is 2.15. The van der Waals surface area contributed by atoms with E-state index in [9.17, 15) is 4.79 Å². The van der Waals surface area contributed by atoms with Crippen LogP contribution in [0.15, 0.2) is 60.0 Å². The number of thiophene rings is 1. The smallest absolute Gasteiger partial charge is 0.272 e. The van der Waals surface area contributed by atoms with Crippen LogP contribution in [0, 0.1) is 0 Å². The zero-order valence-corrected chi connectivity index (χ0v) is 13.6. The van der Waals surface area contributed by atoms with E-state index in [1.807, 2.05) is 36.4 Å². The fraction of sp³-hybridized carbons (Fsp3) is 0.105. The minimum absolute atomic E-state index is 0.0643. The molecule has 4 aromatic rings. The van der Waals surface area contributed by atoms with E-state index in [2.05, 4.69) is 40.4 Å². The van der Waals surface area contributed by atoms with Crippen molar-refractivity contribution in [3.63, 3.8) is 0 Å². The molecule has 0 fully saturated rings. The predicted octanol–water partition coefficient (Wildman–Crippen LogP) is 5.13. The Morgan fingerprint density at radius 1 is 1.09 bits per heavy atom. The van der Waals surface area contributed by atoms with E-state index in [1.54, 1.807) is 11.3 Å². The quantitative estimate of drug-likeness (QED) is 0.558. The molecule has 114 valence electrons. The van der Waals surface area contributed by atoms with E-state index in [0.29, 0.717) is 5.69 Å². The molecule has 0 saturated heterocycles. The van der Waals surface area contributed by atoms with E-state index >= 15 is 0 Å². The topological polar surface area (TPSA) is 34.0 Å². The molecule has 0 aliphatic heterocycles. The van der Waals surface area contributed by atoms with Crippen LogP contribution in [0.25, 0.3) is 21.0 Å². The van der Waals surface area contributed by atoms with Crippen LogP contribution in [0.2, 0.25) is 0 Å². The molecule has 0 aliphatic rings. The van der Waals surface area contributed by atoms with Gasteiger partial charge in [-0.1, -0.05) is 30.3 Å². The molecule has 0 saturated carbocycles. The summed E-state index contributed by atoms with van der Waals surface area (Å²) in [5, 5.41) is 7.37. The summed E-state index contributed by atoms with van der Waals surface area (Å²) in [6.07, 6.45) is 0. The summed E-state index contributed by atoms with van der Waals surface area (Å²) in [5.41, 5.74) is 2.66. The van der Waals surface area contributed by atoms with Gasteiger partial charge in [0, 0.05) is 12.2 Å². The lowest BCUT2D eigenvalue weighted by molar-refractivity contribution is 0.101. The lowest BCUT2D eigenvalue weighted by atomic mass is 10.1.